The number of primary amides is 1. The number of carbonyl (C=O) groups is 1. The van der Waals surface area contributed by atoms with Crippen LogP contribution < -0.4 is 10.7 Å². The predicted molar refractivity (Wildman–Crippen MR) is 58.3 cm³/mol. The third kappa shape index (κ3) is 1.41. The number of hydrogen-bond acceptors (Lipinski definition) is 3. The molecule has 2 aromatic rings. The van der Waals surface area contributed by atoms with E-state index < -0.39 is 5.91 Å². The lowest BCUT2D eigenvalue weighted by atomic mass is 10.2. The highest BCUT2D eigenvalue weighted by Crippen LogP contribution is 2.16. The summed E-state index contributed by atoms with van der Waals surface area (Å²) >= 11 is 0. The summed E-state index contributed by atoms with van der Waals surface area (Å²) in [5.41, 5.74) is 7.22. The number of carbonyl (C=O) groups excluding carboxylic acids is 1. The van der Waals surface area contributed by atoms with Gasteiger partial charge in [-0.3, -0.25) is 4.79 Å². The quantitative estimate of drug-likeness (QED) is 0.766. The average Bonchev–Trinajstić information content (AvgIpc) is 2.59. The molecule has 15 heavy (non-hydrogen) atoms. The van der Waals surface area contributed by atoms with Gasteiger partial charge in [0.2, 0.25) is 0 Å². The Morgan fingerprint density at radius 2 is 2.20 bits per heavy atom. The van der Waals surface area contributed by atoms with Crippen LogP contribution in [0.25, 0.3) is 11.0 Å². The van der Waals surface area contributed by atoms with E-state index >= 15 is 0 Å². The number of para-hydroxylation sites is 1. The van der Waals surface area contributed by atoms with E-state index in [0.717, 1.165) is 5.52 Å². The van der Waals surface area contributed by atoms with E-state index in [1.54, 1.807) is 18.5 Å². The monoisotopic (exact) mass is 204 g/mol. The van der Waals surface area contributed by atoms with Gasteiger partial charge in [0.05, 0.1) is 11.1 Å². The van der Waals surface area contributed by atoms with Crippen LogP contribution in [0.4, 0.5) is 0 Å². The molecule has 0 bridgehead atoms. The minimum atomic E-state index is -0.454. The van der Waals surface area contributed by atoms with Crippen LogP contribution in [-0.4, -0.2) is 29.7 Å². The highest BCUT2D eigenvalue weighted by molar-refractivity contribution is 6.04. The second kappa shape index (κ2) is 3.27. The first-order chi connectivity index (χ1) is 7.11. The molecule has 2 rings (SSSR count). The smallest absolute Gasteiger partial charge is 0.250 e. The molecular formula is C10H12N4O. The fourth-order valence-electron chi connectivity index (χ4n) is 1.54. The molecule has 5 nitrogen and oxygen atoms in total. The summed E-state index contributed by atoms with van der Waals surface area (Å²) in [6.45, 7) is 0. The lowest BCUT2D eigenvalue weighted by molar-refractivity contribution is 0.100. The summed E-state index contributed by atoms with van der Waals surface area (Å²) in [7, 11) is 3.80. The van der Waals surface area contributed by atoms with Crippen LogP contribution in [0.5, 0.6) is 0 Å². The van der Waals surface area contributed by atoms with Crippen molar-refractivity contribution in [2.75, 3.05) is 19.1 Å². The van der Waals surface area contributed by atoms with E-state index in [4.69, 9.17) is 5.73 Å². The highest BCUT2D eigenvalue weighted by atomic mass is 16.1. The van der Waals surface area contributed by atoms with Gasteiger partial charge in [0, 0.05) is 14.1 Å². The Balaban J connectivity index is 2.74. The van der Waals surface area contributed by atoms with Crippen LogP contribution in [0.15, 0.2) is 24.5 Å². The van der Waals surface area contributed by atoms with Crippen molar-refractivity contribution < 1.29 is 4.79 Å². The molecule has 0 radical (unpaired) electrons. The largest absolute Gasteiger partial charge is 0.366 e. The van der Waals surface area contributed by atoms with Crippen molar-refractivity contribution in [2.45, 2.75) is 0 Å². The third-order valence-electron chi connectivity index (χ3n) is 2.25. The van der Waals surface area contributed by atoms with Crippen molar-refractivity contribution in [3.8, 4) is 0 Å². The van der Waals surface area contributed by atoms with Crippen molar-refractivity contribution in [1.29, 1.82) is 0 Å². The summed E-state index contributed by atoms with van der Waals surface area (Å²) in [6, 6.07) is 5.37. The molecule has 0 aliphatic heterocycles. The molecule has 0 unspecified atom stereocenters. The molecule has 0 spiro atoms. The van der Waals surface area contributed by atoms with Gasteiger partial charge in [-0.25, -0.2) is 9.66 Å². The molecule has 2 N–H and O–H groups in total. The SMILES string of the molecule is CN(C)n1cnc2c(C(N)=O)cccc21. The van der Waals surface area contributed by atoms with E-state index in [1.807, 2.05) is 29.8 Å². The van der Waals surface area contributed by atoms with Gasteiger partial charge < -0.3 is 10.7 Å². The zero-order chi connectivity index (χ0) is 11.0. The molecule has 0 fully saturated rings. The maximum absolute atomic E-state index is 11.2. The van der Waals surface area contributed by atoms with Crippen molar-refractivity contribution >= 4 is 16.9 Å². The van der Waals surface area contributed by atoms with Crippen molar-refractivity contribution in [3.05, 3.63) is 30.1 Å². The van der Waals surface area contributed by atoms with E-state index in [9.17, 15) is 4.79 Å². The van der Waals surface area contributed by atoms with Gasteiger partial charge in [0.15, 0.2) is 0 Å². The van der Waals surface area contributed by atoms with Gasteiger partial charge in [-0.05, 0) is 12.1 Å². The zero-order valence-corrected chi connectivity index (χ0v) is 8.64. The fourth-order valence-corrected chi connectivity index (χ4v) is 1.54. The maximum atomic E-state index is 11.2. The number of aromatic nitrogens is 2. The number of benzene rings is 1. The molecule has 0 saturated carbocycles. The molecular weight excluding hydrogens is 192 g/mol. The van der Waals surface area contributed by atoms with Crippen LogP contribution in [0.1, 0.15) is 10.4 Å². The van der Waals surface area contributed by atoms with Gasteiger partial charge in [0.25, 0.3) is 5.91 Å². The zero-order valence-electron chi connectivity index (χ0n) is 8.64. The molecule has 1 heterocycles. The number of hydrogen-bond donors (Lipinski definition) is 1. The summed E-state index contributed by atoms with van der Waals surface area (Å²) in [4.78, 5) is 15.3. The van der Waals surface area contributed by atoms with E-state index in [2.05, 4.69) is 4.98 Å². The second-order valence-electron chi connectivity index (χ2n) is 3.47. The van der Waals surface area contributed by atoms with Gasteiger partial charge in [-0.1, -0.05) is 6.07 Å². The second-order valence-corrected chi connectivity index (χ2v) is 3.47. The molecule has 5 heteroatoms. The van der Waals surface area contributed by atoms with Gasteiger partial charge in [-0.2, -0.15) is 0 Å². The Morgan fingerprint density at radius 3 is 2.80 bits per heavy atom. The Kier molecular flexibility index (Phi) is 2.07. The van der Waals surface area contributed by atoms with E-state index in [0.29, 0.717) is 11.1 Å². The lowest BCUT2D eigenvalue weighted by Gasteiger charge is -2.14. The molecule has 1 aromatic carbocycles. The first kappa shape index (κ1) is 9.51. The van der Waals surface area contributed by atoms with E-state index in [-0.39, 0.29) is 0 Å². The summed E-state index contributed by atoms with van der Waals surface area (Å²) in [5, 5.41) is 1.88. The van der Waals surface area contributed by atoms with Crippen LogP contribution in [0.3, 0.4) is 0 Å². The van der Waals surface area contributed by atoms with Crippen LogP contribution in [0, 0.1) is 0 Å². The first-order valence-corrected chi connectivity index (χ1v) is 4.54. The fraction of sp³-hybridized carbons (Fsp3) is 0.200. The van der Waals surface area contributed by atoms with Crippen molar-refractivity contribution in [1.82, 2.24) is 9.66 Å². The Labute approximate surface area is 87.1 Å². The van der Waals surface area contributed by atoms with Gasteiger partial charge in [-0.15, -0.1) is 0 Å². The van der Waals surface area contributed by atoms with Gasteiger partial charge in [0.1, 0.15) is 11.8 Å². The van der Waals surface area contributed by atoms with Crippen LogP contribution in [-0.2, 0) is 0 Å². The minimum absolute atomic E-state index is 0.452. The number of rotatable bonds is 2. The molecule has 1 aromatic heterocycles. The van der Waals surface area contributed by atoms with Gasteiger partial charge >= 0.3 is 0 Å². The minimum Gasteiger partial charge on any atom is -0.366 e. The Bertz CT molecular complexity index is 515. The van der Waals surface area contributed by atoms with Crippen molar-refractivity contribution in [3.63, 3.8) is 0 Å². The number of fused-ring (bicyclic) bond motifs is 1. The summed E-state index contributed by atoms with van der Waals surface area (Å²) in [5.74, 6) is -0.454. The highest BCUT2D eigenvalue weighted by Gasteiger charge is 2.11. The van der Waals surface area contributed by atoms with Crippen LogP contribution >= 0.6 is 0 Å². The molecule has 1 amide bonds. The number of amides is 1. The third-order valence-corrected chi connectivity index (χ3v) is 2.25. The summed E-state index contributed by atoms with van der Waals surface area (Å²) in [6.07, 6.45) is 1.66. The summed E-state index contributed by atoms with van der Waals surface area (Å²) < 4.78 is 1.85. The molecule has 0 atom stereocenters. The molecule has 0 saturated heterocycles. The number of nitrogens with zero attached hydrogens (tertiary/aromatic N) is 3. The average molecular weight is 204 g/mol. The number of imidazole rings is 1. The predicted octanol–water partition coefficient (Wildman–Crippen LogP) is 0.333. The first-order valence-electron chi connectivity index (χ1n) is 4.54. The topological polar surface area (TPSA) is 64.2 Å². The molecule has 78 valence electrons. The standard InChI is InChI=1S/C10H12N4O/c1-13(2)14-6-12-9-7(10(11)15)4-3-5-8(9)14/h3-6H,1-2H3,(H2,11,15). The Morgan fingerprint density at radius 1 is 1.47 bits per heavy atom. The maximum Gasteiger partial charge on any atom is 0.250 e. The van der Waals surface area contributed by atoms with Crippen molar-refractivity contribution in [2.24, 2.45) is 5.73 Å². The lowest BCUT2D eigenvalue weighted by Crippen LogP contribution is -2.23. The molecule has 0 aliphatic carbocycles. The number of nitrogens with two attached hydrogens (primary N) is 1. The van der Waals surface area contributed by atoms with Crippen LogP contribution in [0.2, 0.25) is 0 Å². The Hall–Kier alpha value is -2.04. The van der Waals surface area contributed by atoms with E-state index in [1.165, 1.54) is 0 Å². The normalized spacial score (nSPS) is 10.5. The molecule has 0 aliphatic rings.